The molecule has 0 atom stereocenters. The first-order chi connectivity index (χ1) is 13.9. The number of carbonyl (C=O) groups excluding carboxylic acids is 1. The van der Waals surface area contributed by atoms with Crippen molar-refractivity contribution in [2.75, 3.05) is 37.6 Å². The van der Waals surface area contributed by atoms with Gasteiger partial charge in [-0.15, -0.1) is 0 Å². The number of nitrogens with one attached hydrogen (secondary N) is 1. The molecule has 3 saturated carbocycles. The van der Waals surface area contributed by atoms with Gasteiger partial charge in [-0.25, -0.2) is 0 Å². The van der Waals surface area contributed by atoms with Crippen LogP contribution >= 0.6 is 23.2 Å². The van der Waals surface area contributed by atoms with E-state index in [1.807, 2.05) is 19.1 Å². The zero-order valence-electron chi connectivity index (χ0n) is 17.5. The van der Waals surface area contributed by atoms with Crippen LogP contribution in [0.5, 0.6) is 0 Å². The molecule has 1 heterocycles. The number of hydrogen-bond donors (Lipinski definition) is 1. The van der Waals surface area contributed by atoms with Crippen molar-refractivity contribution >= 4 is 34.8 Å². The van der Waals surface area contributed by atoms with Crippen LogP contribution in [0.25, 0.3) is 0 Å². The first-order valence-corrected chi connectivity index (χ1v) is 11.9. The van der Waals surface area contributed by atoms with E-state index in [-0.39, 0.29) is 11.4 Å². The lowest BCUT2D eigenvalue weighted by Crippen LogP contribution is -2.57. The Morgan fingerprint density at radius 1 is 1.03 bits per heavy atom. The molecule has 6 heteroatoms. The van der Waals surface area contributed by atoms with Gasteiger partial charge < -0.3 is 10.2 Å². The van der Waals surface area contributed by atoms with Crippen molar-refractivity contribution in [2.24, 2.45) is 5.41 Å². The van der Waals surface area contributed by atoms with Gasteiger partial charge in [-0.05, 0) is 69.0 Å². The number of halogens is 2. The van der Waals surface area contributed by atoms with Gasteiger partial charge in [0.15, 0.2) is 0 Å². The molecule has 1 aromatic rings. The second kappa shape index (κ2) is 8.64. The van der Waals surface area contributed by atoms with E-state index in [4.69, 9.17) is 23.2 Å². The van der Waals surface area contributed by atoms with Gasteiger partial charge in [0.05, 0.1) is 15.7 Å². The SMILES string of the molecule is CCC(=O)NC12CCC(CCN3CCN(c4cccc(Cl)c4Cl)CC3)(CC1)CC2. The standard InChI is InChI=1S/C23H33Cl2N3O/c1-2-20(29)26-23-9-6-22(7-10-23,8-11-23)12-13-27-14-16-28(17-15-27)19-5-3-4-18(24)21(19)25/h3-5H,2,6-17H2,1H3,(H,26,29). The number of rotatable bonds is 6. The summed E-state index contributed by atoms with van der Waals surface area (Å²) >= 11 is 12.6. The van der Waals surface area contributed by atoms with Crippen LogP contribution in [-0.4, -0.2) is 49.1 Å². The van der Waals surface area contributed by atoms with Gasteiger partial charge in [0.25, 0.3) is 0 Å². The maximum atomic E-state index is 11.9. The highest BCUT2D eigenvalue weighted by Crippen LogP contribution is 2.54. The lowest BCUT2D eigenvalue weighted by molar-refractivity contribution is -0.125. The summed E-state index contributed by atoms with van der Waals surface area (Å²) in [5, 5.41) is 4.65. The van der Waals surface area contributed by atoms with Gasteiger partial charge in [0, 0.05) is 38.1 Å². The number of hydrogen-bond acceptors (Lipinski definition) is 3. The van der Waals surface area contributed by atoms with Crippen LogP contribution in [0.15, 0.2) is 18.2 Å². The average Bonchev–Trinajstić information content (AvgIpc) is 2.76. The summed E-state index contributed by atoms with van der Waals surface area (Å²) in [5.41, 5.74) is 1.67. The zero-order valence-corrected chi connectivity index (χ0v) is 19.0. The molecule has 0 aromatic heterocycles. The molecule has 5 rings (SSSR count). The summed E-state index contributed by atoms with van der Waals surface area (Å²) in [5.74, 6) is 0.220. The number of fused-ring (bicyclic) bond motifs is 3. The molecule has 3 aliphatic carbocycles. The summed E-state index contributed by atoms with van der Waals surface area (Å²) < 4.78 is 0. The zero-order chi connectivity index (χ0) is 20.5. The quantitative estimate of drug-likeness (QED) is 0.669. The van der Waals surface area contributed by atoms with Gasteiger partial charge in [-0.3, -0.25) is 9.69 Å². The summed E-state index contributed by atoms with van der Waals surface area (Å²) in [6.45, 7) is 7.29. The molecular formula is C23H33Cl2N3O. The fourth-order valence-corrected chi connectivity index (χ4v) is 5.97. The number of benzene rings is 1. The Morgan fingerprint density at radius 3 is 2.31 bits per heavy atom. The molecule has 1 aliphatic heterocycles. The number of anilines is 1. The third-order valence-electron chi connectivity index (χ3n) is 7.73. The van der Waals surface area contributed by atoms with Crippen LogP contribution in [0.1, 0.15) is 58.3 Å². The molecule has 4 aliphatic rings. The summed E-state index contributed by atoms with van der Waals surface area (Å²) in [6, 6.07) is 5.89. The Bertz CT molecular complexity index is 721. The molecule has 0 unspecified atom stereocenters. The Balaban J connectivity index is 1.25. The molecule has 4 fully saturated rings. The molecule has 160 valence electrons. The maximum Gasteiger partial charge on any atom is 0.220 e. The number of piperazine rings is 1. The summed E-state index contributed by atoms with van der Waals surface area (Å²) in [4.78, 5) is 16.9. The molecule has 1 amide bonds. The van der Waals surface area contributed by atoms with Gasteiger partial charge in [-0.1, -0.05) is 36.2 Å². The van der Waals surface area contributed by atoms with Gasteiger partial charge in [0.2, 0.25) is 5.91 Å². The Kier molecular flexibility index (Phi) is 6.34. The first-order valence-electron chi connectivity index (χ1n) is 11.2. The highest BCUT2D eigenvalue weighted by atomic mass is 35.5. The average molecular weight is 438 g/mol. The number of amides is 1. The third-order valence-corrected chi connectivity index (χ3v) is 8.54. The minimum absolute atomic E-state index is 0.108. The molecule has 2 bridgehead atoms. The van der Waals surface area contributed by atoms with E-state index in [2.05, 4.69) is 21.2 Å². The lowest BCUT2D eigenvalue weighted by Gasteiger charge is -2.54. The van der Waals surface area contributed by atoms with Crippen molar-refractivity contribution in [3.8, 4) is 0 Å². The maximum absolute atomic E-state index is 11.9. The lowest BCUT2D eigenvalue weighted by atomic mass is 9.56. The Labute approximate surface area is 184 Å². The highest BCUT2D eigenvalue weighted by Gasteiger charge is 2.48. The number of nitrogens with zero attached hydrogens (tertiary/aromatic N) is 2. The van der Waals surface area contributed by atoms with Crippen LogP contribution < -0.4 is 10.2 Å². The van der Waals surface area contributed by atoms with Crippen molar-refractivity contribution in [2.45, 2.75) is 63.8 Å². The fraction of sp³-hybridized carbons (Fsp3) is 0.696. The third kappa shape index (κ3) is 4.55. The van der Waals surface area contributed by atoms with E-state index in [1.165, 1.54) is 51.5 Å². The minimum atomic E-state index is 0.108. The van der Waals surface area contributed by atoms with E-state index < -0.39 is 0 Å². The van der Waals surface area contributed by atoms with E-state index in [0.29, 0.717) is 21.9 Å². The van der Waals surface area contributed by atoms with Crippen molar-refractivity contribution in [3.05, 3.63) is 28.2 Å². The van der Waals surface area contributed by atoms with Crippen molar-refractivity contribution in [3.63, 3.8) is 0 Å². The van der Waals surface area contributed by atoms with Crippen molar-refractivity contribution in [1.29, 1.82) is 0 Å². The van der Waals surface area contributed by atoms with Crippen molar-refractivity contribution < 1.29 is 4.79 Å². The predicted octanol–water partition coefficient (Wildman–Crippen LogP) is 5.12. The monoisotopic (exact) mass is 437 g/mol. The number of carbonyl (C=O) groups is 1. The second-order valence-electron chi connectivity index (χ2n) is 9.33. The molecule has 1 aromatic carbocycles. The second-order valence-corrected chi connectivity index (χ2v) is 10.1. The van der Waals surface area contributed by atoms with Gasteiger partial charge in [0.1, 0.15) is 0 Å². The van der Waals surface area contributed by atoms with Crippen LogP contribution in [0, 0.1) is 5.41 Å². The van der Waals surface area contributed by atoms with Crippen LogP contribution in [-0.2, 0) is 4.79 Å². The smallest absolute Gasteiger partial charge is 0.220 e. The van der Waals surface area contributed by atoms with E-state index in [9.17, 15) is 4.79 Å². The summed E-state index contributed by atoms with van der Waals surface area (Å²) in [6.07, 6.45) is 9.21. The van der Waals surface area contributed by atoms with E-state index >= 15 is 0 Å². The van der Waals surface area contributed by atoms with Crippen LogP contribution in [0.4, 0.5) is 5.69 Å². The Hall–Kier alpha value is -0.970. The normalized spacial score (nSPS) is 29.8. The minimum Gasteiger partial charge on any atom is -0.368 e. The van der Waals surface area contributed by atoms with Crippen LogP contribution in [0.2, 0.25) is 10.0 Å². The highest BCUT2D eigenvalue weighted by molar-refractivity contribution is 6.43. The summed E-state index contributed by atoms with van der Waals surface area (Å²) in [7, 11) is 0. The molecule has 0 radical (unpaired) electrons. The van der Waals surface area contributed by atoms with E-state index in [0.717, 1.165) is 31.9 Å². The molecule has 29 heavy (non-hydrogen) atoms. The first kappa shape index (κ1) is 21.3. The topological polar surface area (TPSA) is 35.6 Å². The Morgan fingerprint density at radius 2 is 1.69 bits per heavy atom. The molecule has 1 saturated heterocycles. The van der Waals surface area contributed by atoms with E-state index in [1.54, 1.807) is 0 Å². The molecular weight excluding hydrogens is 405 g/mol. The fourth-order valence-electron chi connectivity index (χ4n) is 5.55. The molecule has 0 spiro atoms. The molecule has 4 nitrogen and oxygen atoms in total. The van der Waals surface area contributed by atoms with Gasteiger partial charge >= 0.3 is 0 Å². The van der Waals surface area contributed by atoms with Crippen molar-refractivity contribution in [1.82, 2.24) is 10.2 Å². The van der Waals surface area contributed by atoms with Crippen LogP contribution in [0.3, 0.4) is 0 Å². The predicted molar refractivity (Wildman–Crippen MR) is 121 cm³/mol. The molecule has 1 N–H and O–H groups in total. The van der Waals surface area contributed by atoms with Gasteiger partial charge in [-0.2, -0.15) is 0 Å². The largest absolute Gasteiger partial charge is 0.368 e.